The molecule has 2 unspecified atom stereocenters. The number of ether oxygens (including phenoxy) is 1. The molecule has 0 amide bonds. The van der Waals surface area contributed by atoms with Gasteiger partial charge in [0.2, 0.25) is 0 Å². The molecule has 2 atom stereocenters. The Morgan fingerprint density at radius 1 is 1.06 bits per heavy atom. The highest BCUT2D eigenvalue weighted by Crippen LogP contribution is 2.17. The molecule has 0 aliphatic heterocycles. The second-order valence-electron chi connectivity index (χ2n) is 5.80. The van der Waals surface area contributed by atoms with Crippen LogP contribution in [-0.2, 0) is 4.74 Å². The summed E-state index contributed by atoms with van der Waals surface area (Å²) in [5, 5.41) is 0. The number of hydrogen-bond donors (Lipinski definition) is 1. The van der Waals surface area contributed by atoms with Crippen molar-refractivity contribution in [2.45, 2.75) is 53.2 Å². The highest BCUT2D eigenvalue weighted by Gasteiger charge is 2.11. The van der Waals surface area contributed by atoms with Crippen molar-refractivity contribution in [2.75, 3.05) is 6.61 Å². The standard InChI is InChI=1S/C16H27NO/c1-11(2)6-14(5)18-10-16(17)15-8-12(3)7-13(4)9-15/h7-9,11,14,16H,6,10,17H2,1-5H3. The molecule has 18 heavy (non-hydrogen) atoms. The molecule has 1 aromatic rings. The molecule has 0 radical (unpaired) electrons. The first-order chi connectivity index (χ1) is 8.38. The van der Waals surface area contributed by atoms with Crippen LogP contribution in [0.25, 0.3) is 0 Å². The number of rotatable bonds is 6. The topological polar surface area (TPSA) is 35.2 Å². The third-order valence-corrected chi connectivity index (χ3v) is 3.04. The highest BCUT2D eigenvalue weighted by molar-refractivity contribution is 5.30. The minimum Gasteiger partial charge on any atom is -0.377 e. The van der Waals surface area contributed by atoms with E-state index in [2.05, 4.69) is 52.8 Å². The first-order valence-electron chi connectivity index (χ1n) is 6.84. The van der Waals surface area contributed by atoms with Gasteiger partial charge in [0.1, 0.15) is 0 Å². The number of nitrogens with two attached hydrogens (primary N) is 1. The molecule has 2 nitrogen and oxygen atoms in total. The van der Waals surface area contributed by atoms with Crippen molar-refractivity contribution >= 4 is 0 Å². The lowest BCUT2D eigenvalue weighted by atomic mass is 10.0. The molecule has 0 saturated carbocycles. The summed E-state index contributed by atoms with van der Waals surface area (Å²) in [6.45, 7) is 11.3. The summed E-state index contributed by atoms with van der Waals surface area (Å²) in [5.74, 6) is 0.664. The summed E-state index contributed by atoms with van der Waals surface area (Å²) >= 11 is 0. The molecule has 2 heteroatoms. The van der Waals surface area contributed by atoms with Crippen LogP contribution in [0.15, 0.2) is 18.2 Å². The van der Waals surface area contributed by atoms with Gasteiger partial charge in [0, 0.05) is 0 Å². The number of benzene rings is 1. The zero-order chi connectivity index (χ0) is 13.7. The van der Waals surface area contributed by atoms with Gasteiger partial charge in [-0.3, -0.25) is 0 Å². The van der Waals surface area contributed by atoms with Gasteiger partial charge in [0.25, 0.3) is 0 Å². The van der Waals surface area contributed by atoms with Crippen molar-refractivity contribution in [2.24, 2.45) is 11.7 Å². The van der Waals surface area contributed by atoms with Crippen LogP contribution in [0.2, 0.25) is 0 Å². The van der Waals surface area contributed by atoms with Crippen LogP contribution >= 0.6 is 0 Å². The quantitative estimate of drug-likeness (QED) is 0.833. The summed E-state index contributed by atoms with van der Waals surface area (Å²) < 4.78 is 5.82. The van der Waals surface area contributed by atoms with Crippen molar-refractivity contribution in [1.29, 1.82) is 0 Å². The maximum atomic E-state index is 6.19. The summed E-state index contributed by atoms with van der Waals surface area (Å²) in [7, 11) is 0. The van der Waals surface area contributed by atoms with E-state index in [-0.39, 0.29) is 12.1 Å². The van der Waals surface area contributed by atoms with E-state index >= 15 is 0 Å². The van der Waals surface area contributed by atoms with Gasteiger partial charge in [-0.25, -0.2) is 0 Å². The van der Waals surface area contributed by atoms with E-state index in [4.69, 9.17) is 10.5 Å². The van der Waals surface area contributed by atoms with E-state index in [1.54, 1.807) is 0 Å². The van der Waals surface area contributed by atoms with Gasteiger partial charge in [-0.2, -0.15) is 0 Å². The van der Waals surface area contributed by atoms with E-state index in [0.29, 0.717) is 12.5 Å². The van der Waals surface area contributed by atoms with Crippen molar-refractivity contribution in [3.8, 4) is 0 Å². The van der Waals surface area contributed by atoms with Gasteiger partial charge in [-0.1, -0.05) is 43.2 Å². The molecule has 102 valence electrons. The normalized spacial score (nSPS) is 14.8. The summed E-state index contributed by atoms with van der Waals surface area (Å²) in [6, 6.07) is 6.43. The fourth-order valence-corrected chi connectivity index (χ4v) is 2.32. The van der Waals surface area contributed by atoms with Gasteiger partial charge < -0.3 is 10.5 Å². The second-order valence-corrected chi connectivity index (χ2v) is 5.80. The molecule has 0 fully saturated rings. The lowest BCUT2D eigenvalue weighted by molar-refractivity contribution is 0.0430. The molecule has 0 saturated heterocycles. The maximum Gasteiger partial charge on any atom is 0.0662 e. The van der Waals surface area contributed by atoms with Crippen LogP contribution in [0.4, 0.5) is 0 Å². The molecule has 2 N–H and O–H groups in total. The second kappa shape index (κ2) is 6.91. The third-order valence-electron chi connectivity index (χ3n) is 3.04. The van der Waals surface area contributed by atoms with E-state index in [1.807, 2.05) is 0 Å². The highest BCUT2D eigenvalue weighted by atomic mass is 16.5. The first-order valence-corrected chi connectivity index (χ1v) is 6.84. The van der Waals surface area contributed by atoms with E-state index in [1.165, 1.54) is 16.7 Å². The molecule has 1 rings (SSSR count). The van der Waals surface area contributed by atoms with E-state index in [9.17, 15) is 0 Å². The minimum atomic E-state index is -0.0294. The fraction of sp³-hybridized carbons (Fsp3) is 0.625. The Kier molecular flexibility index (Phi) is 5.83. The summed E-state index contributed by atoms with van der Waals surface area (Å²) in [4.78, 5) is 0. The zero-order valence-corrected chi connectivity index (χ0v) is 12.4. The SMILES string of the molecule is Cc1cc(C)cc(C(N)COC(C)CC(C)C)c1. The van der Waals surface area contributed by atoms with Crippen LogP contribution in [0.3, 0.4) is 0 Å². The third kappa shape index (κ3) is 5.19. The van der Waals surface area contributed by atoms with Gasteiger partial charge in [0.15, 0.2) is 0 Å². The zero-order valence-electron chi connectivity index (χ0n) is 12.4. The molecule has 0 spiro atoms. The van der Waals surface area contributed by atoms with Crippen LogP contribution in [0.5, 0.6) is 0 Å². The monoisotopic (exact) mass is 249 g/mol. The average molecular weight is 249 g/mol. The van der Waals surface area contributed by atoms with Gasteiger partial charge >= 0.3 is 0 Å². The van der Waals surface area contributed by atoms with Crippen LogP contribution in [0.1, 0.15) is 49.9 Å². The van der Waals surface area contributed by atoms with Gasteiger partial charge in [-0.15, -0.1) is 0 Å². The van der Waals surface area contributed by atoms with Crippen LogP contribution < -0.4 is 5.73 Å². The average Bonchev–Trinajstić information content (AvgIpc) is 2.23. The molecule has 1 aromatic carbocycles. The maximum absolute atomic E-state index is 6.19. The van der Waals surface area contributed by atoms with Gasteiger partial charge in [-0.05, 0) is 38.7 Å². The lowest BCUT2D eigenvalue weighted by Crippen LogP contribution is -2.22. The Balaban J connectivity index is 2.52. The van der Waals surface area contributed by atoms with Gasteiger partial charge in [0.05, 0.1) is 18.8 Å². The van der Waals surface area contributed by atoms with Crippen molar-refractivity contribution in [3.63, 3.8) is 0 Å². The summed E-state index contributed by atoms with van der Waals surface area (Å²) in [5.41, 5.74) is 9.88. The molecule has 0 heterocycles. The molecule has 0 bridgehead atoms. The van der Waals surface area contributed by atoms with E-state index in [0.717, 1.165) is 6.42 Å². The van der Waals surface area contributed by atoms with Crippen LogP contribution in [0, 0.1) is 19.8 Å². The first kappa shape index (κ1) is 15.2. The molecular formula is C16H27NO. The molecule has 0 aliphatic carbocycles. The van der Waals surface area contributed by atoms with Crippen molar-refractivity contribution in [3.05, 3.63) is 34.9 Å². The molecule has 0 aromatic heterocycles. The predicted octanol–water partition coefficient (Wildman–Crippen LogP) is 3.75. The van der Waals surface area contributed by atoms with Crippen molar-refractivity contribution in [1.82, 2.24) is 0 Å². The van der Waals surface area contributed by atoms with Crippen LogP contribution in [-0.4, -0.2) is 12.7 Å². The molecular weight excluding hydrogens is 222 g/mol. The smallest absolute Gasteiger partial charge is 0.0662 e. The minimum absolute atomic E-state index is 0.0294. The Hall–Kier alpha value is -0.860. The fourth-order valence-electron chi connectivity index (χ4n) is 2.32. The van der Waals surface area contributed by atoms with Crippen molar-refractivity contribution < 1.29 is 4.74 Å². The Morgan fingerprint density at radius 2 is 1.61 bits per heavy atom. The Bertz CT molecular complexity index is 353. The predicted molar refractivity (Wildman–Crippen MR) is 77.7 cm³/mol. The summed E-state index contributed by atoms with van der Waals surface area (Å²) in [6.07, 6.45) is 1.36. The number of aryl methyl sites for hydroxylation is 2. The van der Waals surface area contributed by atoms with E-state index < -0.39 is 0 Å². The largest absolute Gasteiger partial charge is 0.377 e. The molecule has 0 aliphatic rings. The Morgan fingerprint density at radius 3 is 2.11 bits per heavy atom. The Labute approximate surface area is 112 Å². The number of hydrogen-bond acceptors (Lipinski definition) is 2. The lowest BCUT2D eigenvalue weighted by Gasteiger charge is -2.19.